The van der Waals surface area contributed by atoms with Gasteiger partial charge in [-0.2, -0.15) is 5.10 Å². The standard InChI is InChI=1S/C11H16N4OS.ClH/c12-11(16)10-2-1-5-15(10)7-9-4-3-8(17-9)6-14-13;/h3-4,6,10H,1-2,5,7,13H2,(H2,12,16);1H/t10-;/m0./s1. The maximum absolute atomic E-state index is 11.3. The van der Waals surface area contributed by atoms with Crippen LogP contribution in [0.1, 0.15) is 22.6 Å². The monoisotopic (exact) mass is 288 g/mol. The fraction of sp³-hybridized carbons (Fsp3) is 0.455. The van der Waals surface area contributed by atoms with Gasteiger partial charge in [-0.3, -0.25) is 9.69 Å². The first kappa shape index (κ1) is 14.9. The Morgan fingerprint density at radius 3 is 3.06 bits per heavy atom. The van der Waals surface area contributed by atoms with Crippen molar-refractivity contribution in [3.8, 4) is 0 Å². The molecule has 1 aliphatic rings. The SMILES string of the molecule is Cl.NN=Cc1ccc(CN2CCC[C@H]2C(N)=O)s1. The molecule has 1 aromatic heterocycles. The van der Waals surface area contributed by atoms with Gasteiger partial charge in [-0.15, -0.1) is 23.7 Å². The van der Waals surface area contributed by atoms with E-state index in [1.54, 1.807) is 17.6 Å². The number of primary amides is 1. The Morgan fingerprint density at radius 2 is 2.39 bits per heavy atom. The van der Waals surface area contributed by atoms with Crippen molar-refractivity contribution in [2.45, 2.75) is 25.4 Å². The summed E-state index contributed by atoms with van der Waals surface area (Å²) in [7, 11) is 0. The van der Waals surface area contributed by atoms with E-state index >= 15 is 0 Å². The molecule has 7 heteroatoms. The number of carbonyl (C=O) groups excluding carboxylic acids is 1. The van der Waals surface area contributed by atoms with Crippen LogP contribution in [0.5, 0.6) is 0 Å². The second-order valence-electron chi connectivity index (χ2n) is 4.11. The minimum Gasteiger partial charge on any atom is -0.368 e. The van der Waals surface area contributed by atoms with Crippen molar-refractivity contribution < 1.29 is 4.79 Å². The van der Waals surface area contributed by atoms with E-state index in [2.05, 4.69) is 10.0 Å². The molecule has 1 amide bonds. The number of likely N-dealkylation sites (tertiary alicyclic amines) is 1. The summed E-state index contributed by atoms with van der Waals surface area (Å²) in [6.45, 7) is 1.71. The Balaban J connectivity index is 0.00000162. The zero-order valence-corrected chi connectivity index (χ0v) is 11.5. The molecule has 2 rings (SSSR count). The molecular weight excluding hydrogens is 272 g/mol. The van der Waals surface area contributed by atoms with Gasteiger partial charge in [-0.1, -0.05) is 0 Å². The molecule has 0 aromatic carbocycles. The third-order valence-electron chi connectivity index (χ3n) is 2.94. The smallest absolute Gasteiger partial charge is 0.234 e. The number of hydrogen-bond acceptors (Lipinski definition) is 5. The average Bonchev–Trinajstić information content (AvgIpc) is 2.89. The molecule has 0 aliphatic carbocycles. The zero-order chi connectivity index (χ0) is 12.3. The topological polar surface area (TPSA) is 84.7 Å². The van der Waals surface area contributed by atoms with Crippen molar-refractivity contribution in [2.75, 3.05) is 6.54 Å². The average molecular weight is 289 g/mol. The predicted octanol–water partition coefficient (Wildman–Crippen LogP) is 0.912. The molecule has 5 nitrogen and oxygen atoms in total. The number of thiophene rings is 1. The molecule has 0 radical (unpaired) electrons. The van der Waals surface area contributed by atoms with Crippen molar-refractivity contribution in [2.24, 2.45) is 16.7 Å². The summed E-state index contributed by atoms with van der Waals surface area (Å²) >= 11 is 1.63. The van der Waals surface area contributed by atoms with Crippen molar-refractivity contribution >= 4 is 35.9 Å². The molecule has 0 saturated carbocycles. The van der Waals surface area contributed by atoms with E-state index in [0.29, 0.717) is 0 Å². The molecule has 1 aliphatic heterocycles. The largest absolute Gasteiger partial charge is 0.368 e. The zero-order valence-electron chi connectivity index (χ0n) is 9.91. The molecule has 18 heavy (non-hydrogen) atoms. The number of rotatable bonds is 4. The Hall–Kier alpha value is -1.11. The van der Waals surface area contributed by atoms with Crippen LogP contribution < -0.4 is 11.6 Å². The minimum absolute atomic E-state index is 0. The van der Waals surface area contributed by atoms with E-state index in [1.807, 2.05) is 12.1 Å². The van der Waals surface area contributed by atoms with Gasteiger partial charge in [0.25, 0.3) is 0 Å². The van der Waals surface area contributed by atoms with Gasteiger partial charge >= 0.3 is 0 Å². The van der Waals surface area contributed by atoms with Gasteiger partial charge in [0.1, 0.15) is 0 Å². The number of nitrogens with zero attached hydrogens (tertiary/aromatic N) is 2. The molecule has 1 atom stereocenters. The minimum atomic E-state index is -0.220. The Labute approximate surface area is 116 Å². The first-order valence-electron chi connectivity index (χ1n) is 5.56. The Morgan fingerprint density at radius 1 is 1.61 bits per heavy atom. The third-order valence-corrected chi connectivity index (χ3v) is 3.94. The van der Waals surface area contributed by atoms with Crippen LogP contribution in [0.15, 0.2) is 17.2 Å². The normalized spacial score (nSPS) is 20.1. The van der Waals surface area contributed by atoms with Crippen LogP contribution in [0.25, 0.3) is 0 Å². The van der Waals surface area contributed by atoms with E-state index in [9.17, 15) is 4.79 Å². The van der Waals surface area contributed by atoms with Crippen LogP contribution >= 0.6 is 23.7 Å². The highest BCUT2D eigenvalue weighted by Gasteiger charge is 2.28. The first-order chi connectivity index (χ1) is 8.20. The summed E-state index contributed by atoms with van der Waals surface area (Å²) in [5, 5.41) is 3.49. The number of halogens is 1. The molecule has 1 aromatic rings. The van der Waals surface area contributed by atoms with Gasteiger partial charge in [-0.05, 0) is 31.5 Å². The third kappa shape index (κ3) is 3.44. The highest BCUT2D eigenvalue weighted by atomic mass is 35.5. The fourth-order valence-electron chi connectivity index (χ4n) is 2.16. The summed E-state index contributed by atoms with van der Waals surface area (Å²) in [4.78, 5) is 15.6. The van der Waals surface area contributed by atoms with Crippen LogP contribution in [0, 0.1) is 0 Å². The Kier molecular flexibility index (Phi) is 5.58. The van der Waals surface area contributed by atoms with E-state index < -0.39 is 0 Å². The van der Waals surface area contributed by atoms with Crippen LogP contribution in [0.4, 0.5) is 0 Å². The molecule has 0 bridgehead atoms. The van der Waals surface area contributed by atoms with E-state index in [1.165, 1.54) is 4.88 Å². The number of hydrazone groups is 1. The lowest BCUT2D eigenvalue weighted by Crippen LogP contribution is -2.39. The van der Waals surface area contributed by atoms with Crippen molar-refractivity contribution in [3.05, 3.63) is 21.9 Å². The molecule has 100 valence electrons. The molecule has 4 N–H and O–H groups in total. The highest BCUT2D eigenvalue weighted by molar-refractivity contribution is 7.13. The van der Waals surface area contributed by atoms with Gasteiger partial charge in [0, 0.05) is 16.3 Å². The summed E-state index contributed by atoms with van der Waals surface area (Å²) < 4.78 is 0. The van der Waals surface area contributed by atoms with Crippen LogP contribution in [-0.2, 0) is 11.3 Å². The van der Waals surface area contributed by atoms with E-state index in [0.717, 1.165) is 30.8 Å². The van der Waals surface area contributed by atoms with Crippen molar-refractivity contribution in [3.63, 3.8) is 0 Å². The highest BCUT2D eigenvalue weighted by Crippen LogP contribution is 2.23. The summed E-state index contributed by atoms with van der Waals surface area (Å²) in [5.41, 5.74) is 5.38. The van der Waals surface area contributed by atoms with Gasteiger partial charge in [-0.25, -0.2) is 0 Å². The number of carbonyl (C=O) groups is 1. The molecule has 1 fully saturated rings. The lowest BCUT2D eigenvalue weighted by Gasteiger charge is -2.20. The Bertz CT molecular complexity index is 434. The fourth-order valence-corrected chi connectivity index (χ4v) is 3.08. The lowest BCUT2D eigenvalue weighted by molar-refractivity contribution is -0.122. The van der Waals surface area contributed by atoms with Crippen molar-refractivity contribution in [1.82, 2.24) is 4.90 Å². The number of amides is 1. The van der Waals surface area contributed by atoms with Gasteiger partial charge in [0.2, 0.25) is 5.91 Å². The quantitative estimate of drug-likeness (QED) is 0.491. The molecule has 0 unspecified atom stereocenters. The number of hydrogen-bond donors (Lipinski definition) is 2. The second kappa shape index (κ2) is 6.72. The predicted molar refractivity (Wildman–Crippen MR) is 76.0 cm³/mol. The van der Waals surface area contributed by atoms with Gasteiger partial charge < -0.3 is 11.6 Å². The summed E-state index contributed by atoms with van der Waals surface area (Å²) in [5.74, 6) is 4.88. The second-order valence-corrected chi connectivity index (χ2v) is 5.31. The molecular formula is C11H17ClN4OS. The molecule has 2 heterocycles. The van der Waals surface area contributed by atoms with E-state index in [4.69, 9.17) is 11.6 Å². The maximum Gasteiger partial charge on any atom is 0.234 e. The van der Waals surface area contributed by atoms with Gasteiger partial charge in [0.05, 0.1) is 12.3 Å². The maximum atomic E-state index is 11.3. The van der Waals surface area contributed by atoms with Crippen molar-refractivity contribution in [1.29, 1.82) is 0 Å². The van der Waals surface area contributed by atoms with Crippen LogP contribution in [0.3, 0.4) is 0 Å². The molecule has 1 saturated heterocycles. The lowest BCUT2D eigenvalue weighted by atomic mass is 10.2. The van der Waals surface area contributed by atoms with E-state index in [-0.39, 0.29) is 24.4 Å². The van der Waals surface area contributed by atoms with Gasteiger partial charge in [0.15, 0.2) is 0 Å². The van der Waals surface area contributed by atoms with Crippen LogP contribution in [-0.4, -0.2) is 29.6 Å². The molecule has 0 spiro atoms. The summed E-state index contributed by atoms with van der Waals surface area (Å²) in [6, 6.07) is 3.91. The number of nitrogens with two attached hydrogens (primary N) is 2. The first-order valence-corrected chi connectivity index (χ1v) is 6.37. The van der Waals surface area contributed by atoms with Crippen LogP contribution in [0.2, 0.25) is 0 Å². The summed E-state index contributed by atoms with van der Waals surface area (Å²) in [6.07, 6.45) is 3.54.